The number of primary amides is 1. The Balaban J connectivity index is 1.32. The van der Waals surface area contributed by atoms with Crippen LogP contribution in [0.4, 0.5) is 0 Å². The van der Waals surface area contributed by atoms with Crippen molar-refractivity contribution in [2.75, 3.05) is 26.2 Å². The fourth-order valence-electron chi connectivity index (χ4n) is 4.35. The summed E-state index contributed by atoms with van der Waals surface area (Å²) in [5, 5.41) is 0.977. The third-order valence-electron chi connectivity index (χ3n) is 6.32. The van der Waals surface area contributed by atoms with Gasteiger partial charge in [0, 0.05) is 22.9 Å². The highest BCUT2D eigenvalue weighted by Crippen LogP contribution is 2.47. The summed E-state index contributed by atoms with van der Waals surface area (Å²) < 4.78 is 6.17. The molecule has 1 aromatic carbocycles. The van der Waals surface area contributed by atoms with Gasteiger partial charge in [-0.2, -0.15) is 0 Å². The number of ether oxygens (including phenoxy) is 1. The topological polar surface area (TPSA) is 104 Å². The van der Waals surface area contributed by atoms with Gasteiger partial charge >= 0.3 is 0 Å². The molecule has 7 nitrogen and oxygen atoms in total. The number of benzene rings is 1. The van der Waals surface area contributed by atoms with Gasteiger partial charge < -0.3 is 25.3 Å². The van der Waals surface area contributed by atoms with Crippen molar-refractivity contribution in [2.24, 2.45) is 11.1 Å². The van der Waals surface area contributed by atoms with Crippen LogP contribution in [0.5, 0.6) is 5.75 Å². The third-order valence-corrected chi connectivity index (χ3v) is 6.32. The predicted molar refractivity (Wildman–Crippen MR) is 116 cm³/mol. The molecule has 0 radical (unpaired) electrons. The number of nitrogens with one attached hydrogen (secondary N) is 2. The molecule has 30 heavy (non-hydrogen) atoms. The fourth-order valence-corrected chi connectivity index (χ4v) is 4.35. The molecule has 0 bridgehead atoms. The Morgan fingerprint density at radius 2 is 1.90 bits per heavy atom. The normalized spacial score (nSPS) is 18.0. The van der Waals surface area contributed by atoms with Gasteiger partial charge in [-0.25, -0.2) is 0 Å². The summed E-state index contributed by atoms with van der Waals surface area (Å²) in [7, 11) is 0. The standard InChI is InChI=1S/C23H26N4O3/c24-21(28)19-6-4-17(22(29)26-19)20-12-15-11-16(3-5-18(15)25-20)30-14-23(7-8-23)13-27-9-1-2-10-27/h3-6,11-12,25H,1-2,7-10,13-14H2,(H2,24,28)(H,26,29). The molecule has 1 aliphatic heterocycles. The van der Waals surface area contributed by atoms with E-state index in [2.05, 4.69) is 14.9 Å². The first-order valence-corrected chi connectivity index (χ1v) is 10.5. The SMILES string of the molecule is NC(=O)c1ccc(-c2cc3cc(OCC4(CN5CCCC5)CC4)ccc3[nH]2)c(=O)[nH]1. The Labute approximate surface area is 174 Å². The molecule has 2 aliphatic rings. The number of rotatable bonds is 7. The maximum Gasteiger partial charge on any atom is 0.265 e. The van der Waals surface area contributed by atoms with Crippen LogP contribution in [-0.2, 0) is 0 Å². The molecular weight excluding hydrogens is 380 g/mol. The molecule has 0 atom stereocenters. The number of hydrogen-bond acceptors (Lipinski definition) is 4. The van der Waals surface area contributed by atoms with E-state index in [1.165, 1.54) is 44.8 Å². The quantitative estimate of drug-likeness (QED) is 0.561. The Kier molecular flexibility index (Phi) is 4.62. The maximum atomic E-state index is 12.3. The molecule has 156 valence electrons. The van der Waals surface area contributed by atoms with Gasteiger partial charge in [-0.05, 0) is 75.2 Å². The number of fused-ring (bicyclic) bond motifs is 1. The van der Waals surface area contributed by atoms with Gasteiger partial charge in [0.15, 0.2) is 0 Å². The lowest BCUT2D eigenvalue weighted by molar-refractivity contribution is 0.0995. The van der Waals surface area contributed by atoms with Gasteiger partial charge in [0.2, 0.25) is 0 Å². The molecule has 1 saturated heterocycles. The number of aromatic amines is 2. The van der Waals surface area contributed by atoms with Gasteiger partial charge in [0.25, 0.3) is 11.5 Å². The van der Waals surface area contributed by atoms with Crippen molar-refractivity contribution in [3.63, 3.8) is 0 Å². The van der Waals surface area contributed by atoms with E-state index >= 15 is 0 Å². The minimum atomic E-state index is -0.657. The molecule has 1 amide bonds. The molecule has 2 aromatic heterocycles. The summed E-state index contributed by atoms with van der Waals surface area (Å²) in [6.07, 6.45) is 5.11. The van der Waals surface area contributed by atoms with Gasteiger partial charge in [-0.1, -0.05) is 0 Å². The first kappa shape index (κ1) is 18.9. The van der Waals surface area contributed by atoms with Crippen molar-refractivity contribution in [3.8, 4) is 17.0 Å². The van der Waals surface area contributed by atoms with E-state index in [-0.39, 0.29) is 11.3 Å². The van der Waals surface area contributed by atoms with Crippen molar-refractivity contribution in [1.82, 2.24) is 14.9 Å². The Hall–Kier alpha value is -3.06. The smallest absolute Gasteiger partial charge is 0.265 e. The molecule has 1 aliphatic carbocycles. The molecule has 5 rings (SSSR count). The van der Waals surface area contributed by atoms with Crippen LogP contribution >= 0.6 is 0 Å². The van der Waals surface area contributed by atoms with Crippen LogP contribution in [-0.4, -0.2) is 47.0 Å². The maximum absolute atomic E-state index is 12.3. The van der Waals surface area contributed by atoms with Crippen molar-refractivity contribution < 1.29 is 9.53 Å². The number of nitrogens with zero attached hydrogens (tertiary/aromatic N) is 1. The van der Waals surface area contributed by atoms with E-state index < -0.39 is 5.91 Å². The highest BCUT2D eigenvalue weighted by molar-refractivity contribution is 5.91. The summed E-state index contributed by atoms with van der Waals surface area (Å²) in [4.78, 5) is 31.9. The highest BCUT2D eigenvalue weighted by atomic mass is 16.5. The monoisotopic (exact) mass is 406 g/mol. The number of H-pyrrole nitrogens is 2. The van der Waals surface area contributed by atoms with Crippen LogP contribution in [0.3, 0.4) is 0 Å². The Morgan fingerprint density at radius 1 is 1.10 bits per heavy atom. The van der Waals surface area contributed by atoms with Crippen LogP contribution in [0, 0.1) is 5.41 Å². The molecule has 2 fully saturated rings. The number of carbonyl (C=O) groups is 1. The second-order valence-corrected chi connectivity index (χ2v) is 8.68. The molecule has 1 saturated carbocycles. The van der Waals surface area contributed by atoms with Crippen LogP contribution in [0.1, 0.15) is 36.2 Å². The first-order chi connectivity index (χ1) is 14.5. The van der Waals surface area contributed by atoms with Crippen molar-refractivity contribution >= 4 is 16.8 Å². The van der Waals surface area contributed by atoms with Gasteiger partial charge in [-0.3, -0.25) is 9.59 Å². The summed E-state index contributed by atoms with van der Waals surface area (Å²) in [6, 6.07) is 11.0. The second-order valence-electron chi connectivity index (χ2n) is 8.68. The average Bonchev–Trinajstić information content (AvgIpc) is 3.11. The van der Waals surface area contributed by atoms with E-state index in [0.29, 0.717) is 16.7 Å². The Bertz CT molecular complexity index is 1150. The molecular formula is C23H26N4O3. The number of nitrogens with two attached hydrogens (primary N) is 1. The highest BCUT2D eigenvalue weighted by Gasteiger charge is 2.45. The van der Waals surface area contributed by atoms with Crippen LogP contribution in [0.2, 0.25) is 0 Å². The number of likely N-dealkylation sites (tertiary alicyclic amines) is 1. The molecule has 4 N–H and O–H groups in total. The lowest BCUT2D eigenvalue weighted by Crippen LogP contribution is -2.31. The zero-order valence-corrected chi connectivity index (χ0v) is 16.9. The number of hydrogen-bond donors (Lipinski definition) is 3. The van der Waals surface area contributed by atoms with E-state index in [4.69, 9.17) is 10.5 Å². The van der Waals surface area contributed by atoms with E-state index in [9.17, 15) is 9.59 Å². The van der Waals surface area contributed by atoms with Gasteiger partial charge in [0.1, 0.15) is 11.4 Å². The molecule has 3 aromatic rings. The van der Waals surface area contributed by atoms with E-state index in [1.807, 2.05) is 24.3 Å². The van der Waals surface area contributed by atoms with Gasteiger partial charge in [-0.15, -0.1) is 0 Å². The third kappa shape index (κ3) is 3.73. The number of aromatic nitrogens is 2. The molecule has 0 spiro atoms. The van der Waals surface area contributed by atoms with Crippen LogP contribution in [0.15, 0.2) is 41.2 Å². The van der Waals surface area contributed by atoms with E-state index in [0.717, 1.165) is 29.8 Å². The zero-order valence-electron chi connectivity index (χ0n) is 16.9. The fraction of sp³-hybridized carbons (Fsp3) is 0.391. The summed E-state index contributed by atoms with van der Waals surface area (Å²) in [5.74, 6) is 0.189. The Morgan fingerprint density at radius 3 is 2.60 bits per heavy atom. The van der Waals surface area contributed by atoms with Crippen LogP contribution in [0.25, 0.3) is 22.2 Å². The summed E-state index contributed by atoms with van der Waals surface area (Å²) in [6.45, 7) is 4.34. The number of amides is 1. The average molecular weight is 406 g/mol. The molecule has 3 heterocycles. The van der Waals surface area contributed by atoms with Crippen molar-refractivity contribution in [3.05, 3.63) is 52.4 Å². The second kappa shape index (κ2) is 7.32. The van der Waals surface area contributed by atoms with Crippen LogP contribution < -0.4 is 16.0 Å². The van der Waals surface area contributed by atoms with Crippen molar-refractivity contribution in [1.29, 1.82) is 0 Å². The van der Waals surface area contributed by atoms with E-state index in [1.54, 1.807) is 6.07 Å². The summed E-state index contributed by atoms with van der Waals surface area (Å²) >= 11 is 0. The first-order valence-electron chi connectivity index (χ1n) is 10.5. The summed E-state index contributed by atoms with van der Waals surface area (Å²) in [5.41, 5.74) is 7.35. The number of pyridine rings is 1. The van der Waals surface area contributed by atoms with Crippen molar-refractivity contribution in [2.45, 2.75) is 25.7 Å². The molecule has 0 unspecified atom stereocenters. The largest absolute Gasteiger partial charge is 0.493 e. The lowest BCUT2D eigenvalue weighted by Gasteiger charge is -2.23. The predicted octanol–water partition coefficient (Wildman–Crippen LogP) is 2.88. The van der Waals surface area contributed by atoms with Gasteiger partial charge in [0.05, 0.1) is 17.9 Å². The molecule has 7 heteroatoms. The zero-order chi connectivity index (χ0) is 20.7. The minimum Gasteiger partial charge on any atom is -0.493 e. The number of carbonyl (C=O) groups excluding carboxylic acids is 1. The lowest BCUT2D eigenvalue weighted by atomic mass is 10.1. The minimum absolute atomic E-state index is 0.0958.